The summed E-state index contributed by atoms with van der Waals surface area (Å²) in [7, 11) is 1.79. The molecule has 1 aromatic heterocycles. The average Bonchev–Trinajstić information content (AvgIpc) is 2.56. The van der Waals surface area contributed by atoms with E-state index in [1.54, 1.807) is 23.7 Å². The van der Waals surface area contributed by atoms with Crippen molar-refractivity contribution in [2.24, 2.45) is 7.05 Å². The number of carbonyl (C=O) groups is 1. The smallest absolute Gasteiger partial charge is 0.279 e. The molecular weight excluding hydrogens is 329 g/mol. The molecule has 0 spiro atoms. The molecule has 1 aliphatic rings. The number of hydrogen-bond donors (Lipinski definition) is 1. The Morgan fingerprint density at radius 2 is 2.04 bits per heavy atom. The van der Waals surface area contributed by atoms with Crippen molar-refractivity contribution in [1.29, 1.82) is 0 Å². The maximum Gasteiger partial charge on any atom is 0.279 e. The molecule has 0 bridgehead atoms. The Morgan fingerprint density at radius 3 is 2.71 bits per heavy atom. The maximum atomic E-state index is 13.2. The van der Waals surface area contributed by atoms with Crippen LogP contribution in [0.1, 0.15) is 36.8 Å². The lowest BCUT2D eigenvalue weighted by atomic mass is 9.87. The zero-order valence-electron chi connectivity index (χ0n) is 13.5. The van der Waals surface area contributed by atoms with Gasteiger partial charge in [-0.3, -0.25) is 9.59 Å². The predicted octanol–water partition coefficient (Wildman–Crippen LogP) is 2.90. The monoisotopic (exact) mass is 347 g/mol. The van der Waals surface area contributed by atoms with Gasteiger partial charge in [0.05, 0.1) is 5.56 Å². The number of rotatable bonds is 4. The van der Waals surface area contributed by atoms with Gasteiger partial charge in [0.25, 0.3) is 5.56 Å². The Labute approximate surface area is 143 Å². The van der Waals surface area contributed by atoms with Crippen LogP contribution < -0.4 is 10.9 Å². The minimum atomic E-state index is -0.411. The topological polar surface area (TPSA) is 64.0 Å². The first-order valence-electron chi connectivity index (χ1n) is 7.80. The Hall–Kier alpha value is -2.15. The number of hydrogen-bond acceptors (Lipinski definition) is 4. The van der Waals surface area contributed by atoms with Gasteiger partial charge >= 0.3 is 0 Å². The van der Waals surface area contributed by atoms with E-state index in [9.17, 15) is 14.0 Å². The van der Waals surface area contributed by atoms with Gasteiger partial charge in [0.2, 0.25) is 5.91 Å². The van der Waals surface area contributed by atoms with Crippen LogP contribution in [0, 0.1) is 5.82 Å². The molecule has 126 valence electrons. The summed E-state index contributed by atoms with van der Waals surface area (Å²) in [5, 5.41) is 3.38. The summed E-state index contributed by atoms with van der Waals surface area (Å²) in [6.45, 7) is 2.05. The lowest BCUT2D eigenvalue weighted by Crippen LogP contribution is -2.33. The molecule has 24 heavy (non-hydrogen) atoms. The highest BCUT2D eigenvalue weighted by Gasteiger charge is 2.32. The number of carbonyl (C=O) groups excluding carboxylic acids is 1. The molecule has 3 rings (SSSR count). The van der Waals surface area contributed by atoms with Crippen LogP contribution in [-0.2, 0) is 11.8 Å². The van der Waals surface area contributed by atoms with Gasteiger partial charge in [0.1, 0.15) is 11.6 Å². The second kappa shape index (κ2) is 6.76. The lowest BCUT2D eigenvalue weighted by Gasteiger charge is -2.27. The number of nitrogens with one attached hydrogen (secondary N) is 1. The van der Waals surface area contributed by atoms with Gasteiger partial charge in [-0.1, -0.05) is 30.8 Å². The minimum absolute atomic E-state index is 0.150. The number of fused-ring (bicyclic) bond motifs is 1. The number of thioether (sulfide) groups is 1. The maximum absolute atomic E-state index is 13.2. The van der Waals surface area contributed by atoms with Crippen LogP contribution in [0.25, 0.3) is 0 Å². The third kappa shape index (κ3) is 3.08. The highest BCUT2D eigenvalue weighted by Crippen LogP contribution is 2.35. The summed E-state index contributed by atoms with van der Waals surface area (Å²) in [5.41, 5.74) is 0.862. The second-order valence-electron chi connectivity index (χ2n) is 5.73. The molecule has 1 N–H and O–H groups in total. The Morgan fingerprint density at radius 1 is 1.33 bits per heavy atom. The molecule has 0 aliphatic carbocycles. The first kappa shape index (κ1) is 16.7. The van der Waals surface area contributed by atoms with Crippen LogP contribution in [0.5, 0.6) is 0 Å². The van der Waals surface area contributed by atoms with Crippen LogP contribution in [0.3, 0.4) is 0 Å². The summed E-state index contributed by atoms with van der Waals surface area (Å²) in [5.74, 6) is 0.403. The van der Waals surface area contributed by atoms with E-state index in [0.717, 1.165) is 17.7 Å². The average molecular weight is 347 g/mol. The van der Waals surface area contributed by atoms with Crippen molar-refractivity contribution in [3.63, 3.8) is 0 Å². The number of halogens is 1. The van der Waals surface area contributed by atoms with E-state index in [0.29, 0.717) is 16.5 Å². The largest absolute Gasteiger partial charge is 0.312 e. The van der Waals surface area contributed by atoms with Crippen molar-refractivity contribution in [2.75, 3.05) is 11.1 Å². The van der Waals surface area contributed by atoms with Crippen LogP contribution in [0.15, 0.2) is 34.2 Å². The molecule has 1 aliphatic heterocycles. The number of anilines is 1. The summed E-state index contributed by atoms with van der Waals surface area (Å²) in [6, 6.07) is 5.90. The Kier molecular flexibility index (Phi) is 4.71. The molecule has 0 saturated heterocycles. The molecule has 1 unspecified atom stereocenters. The summed E-state index contributed by atoms with van der Waals surface area (Å²) in [6.07, 6.45) is 1.11. The van der Waals surface area contributed by atoms with E-state index in [-0.39, 0.29) is 23.7 Å². The fourth-order valence-corrected chi connectivity index (χ4v) is 3.66. The van der Waals surface area contributed by atoms with Crippen molar-refractivity contribution in [1.82, 2.24) is 9.55 Å². The van der Waals surface area contributed by atoms with Gasteiger partial charge in [-0.05, 0) is 24.1 Å². The van der Waals surface area contributed by atoms with Gasteiger partial charge in [-0.2, -0.15) is 4.98 Å². The van der Waals surface area contributed by atoms with Gasteiger partial charge in [0, 0.05) is 25.1 Å². The van der Waals surface area contributed by atoms with E-state index < -0.39 is 5.92 Å². The number of amides is 1. The van der Waals surface area contributed by atoms with Crippen molar-refractivity contribution in [3.05, 3.63) is 51.6 Å². The van der Waals surface area contributed by atoms with Crippen LogP contribution in [0.2, 0.25) is 0 Å². The minimum Gasteiger partial charge on any atom is -0.312 e. The van der Waals surface area contributed by atoms with Crippen LogP contribution >= 0.6 is 11.8 Å². The van der Waals surface area contributed by atoms with Crippen molar-refractivity contribution < 1.29 is 9.18 Å². The fraction of sp³-hybridized carbons (Fsp3) is 0.353. The third-order valence-corrected chi connectivity index (χ3v) is 5.24. The van der Waals surface area contributed by atoms with Gasteiger partial charge in [-0.15, -0.1) is 0 Å². The number of aromatic nitrogens is 2. The number of benzene rings is 1. The zero-order chi connectivity index (χ0) is 17.3. The summed E-state index contributed by atoms with van der Waals surface area (Å²) in [4.78, 5) is 28.9. The Balaban J connectivity index is 2.12. The highest BCUT2D eigenvalue weighted by molar-refractivity contribution is 7.99. The Bertz CT molecular complexity index is 833. The molecule has 0 saturated carbocycles. The van der Waals surface area contributed by atoms with E-state index >= 15 is 0 Å². The van der Waals surface area contributed by atoms with Crippen molar-refractivity contribution in [2.45, 2.75) is 30.8 Å². The van der Waals surface area contributed by atoms with E-state index in [4.69, 9.17) is 0 Å². The molecule has 7 heteroatoms. The first-order valence-corrected chi connectivity index (χ1v) is 8.78. The van der Waals surface area contributed by atoms with E-state index in [1.807, 2.05) is 0 Å². The molecule has 1 atom stereocenters. The van der Waals surface area contributed by atoms with E-state index in [1.165, 1.54) is 23.9 Å². The zero-order valence-corrected chi connectivity index (χ0v) is 14.3. The molecule has 1 aromatic carbocycles. The van der Waals surface area contributed by atoms with Gasteiger partial charge in [0.15, 0.2) is 5.16 Å². The summed E-state index contributed by atoms with van der Waals surface area (Å²) >= 11 is 1.49. The fourth-order valence-electron chi connectivity index (χ4n) is 2.84. The molecule has 2 aromatic rings. The molecule has 1 amide bonds. The van der Waals surface area contributed by atoms with Crippen LogP contribution in [-0.4, -0.2) is 21.2 Å². The van der Waals surface area contributed by atoms with Crippen molar-refractivity contribution >= 4 is 23.5 Å². The normalized spacial score (nSPS) is 16.6. The second-order valence-corrected chi connectivity index (χ2v) is 6.79. The molecule has 0 fully saturated rings. The molecule has 2 heterocycles. The van der Waals surface area contributed by atoms with Gasteiger partial charge < -0.3 is 9.88 Å². The van der Waals surface area contributed by atoms with E-state index in [2.05, 4.69) is 17.2 Å². The van der Waals surface area contributed by atoms with Crippen LogP contribution in [0.4, 0.5) is 10.2 Å². The van der Waals surface area contributed by atoms with Gasteiger partial charge in [-0.25, -0.2) is 4.39 Å². The lowest BCUT2D eigenvalue weighted by molar-refractivity contribution is -0.116. The molecule has 0 radical (unpaired) electrons. The predicted molar refractivity (Wildman–Crippen MR) is 92.0 cm³/mol. The SMILES string of the molecule is CCCSc1nc(=O)c2c(n1C)NC(=O)CC2c1ccc(F)cc1. The molecular formula is C17H18FN3O2S. The summed E-state index contributed by atoms with van der Waals surface area (Å²) < 4.78 is 14.9. The number of nitrogens with zero attached hydrogens (tertiary/aromatic N) is 2. The first-order chi connectivity index (χ1) is 11.5. The molecule has 5 nitrogen and oxygen atoms in total. The standard InChI is InChI=1S/C17H18FN3O2S/c1-3-8-24-17-20-16(23)14-12(10-4-6-11(18)7-5-10)9-13(22)19-15(14)21(17)2/h4-7,12H,3,8-9H2,1-2H3,(H,19,22). The third-order valence-electron chi connectivity index (χ3n) is 4.01. The quantitative estimate of drug-likeness (QED) is 0.682. The van der Waals surface area contributed by atoms with Crippen molar-refractivity contribution in [3.8, 4) is 0 Å². The highest BCUT2D eigenvalue weighted by atomic mass is 32.2.